The van der Waals surface area contributed by atoms with Gasteiger partial charge in [0.2, 0.25) is 0 Å². The second-order valence-electron chi connectivity index (χ2n) is 9.54. The highest BCUT2D eigenvalue weighted by Crippen LogP contribution is 2.39. The quantitative estimate of drug-likeness (QED) is 0.472. The molecule has 3 aliphatic rings. The van der Waals surface area contributed by atoms with Crippen molar-refractivity contribution in [2.45, 2.75) is 58.0 Å². The molecule has 9 heteroatoms. The van der Waals surface area contributed by atoms with Crippen molar-refractivity contribution in [2.75, 3.05) is 25.0 Å². The first-order valence-corrected chi connectivity index (χ1v) is 12.5. The van der Waals surface area contributed by atoms with Crippen LogP contribution in [0.1, 0.15) is 61.2 Å². The molecule has 2 aromatic heterocycles. The lowest BCUT2D eigenvalue weighted by Gasteiger charge is -2.49. The maximum absolute atomic E-state index is 13.5. The van der Waals surface area contributed by atoms with E-state index in [1.807, 2.05) is 23.8 Å². The van der Waals surface area contributed by atoms with Gasteiger partial charge in [0.15, 0.2) is 0 Å². The monoisotopic (exact) mass is 531 g/mol. The number of nitrogens with one attached hydrogen (secondary N) is 1. The molecule has 180 valence electrons. The number of hydrogen-bond donors (Lipinski definition) is 1. The minimum absolute atomic E-state index is 0.0363. The van der Waals surface area contributed by atoms with E-state index in [0.29, 0.717) is 27.2 Å². The predicted octanol–water partition coefficient (Wildman–Crippen LogP) is 5.48. The standard InChI is InChI=1S/C25H28BrF2N5O/c1-14-17(5-4-6-18(14)22(27)28)15(2)29-23-19-13-33(25-7-10-32(11-8-25)12-9-25)24(34)20(26)21(19)30-16(3)31-23/h4-6,13,15,22H,7-12H2,1-3H3,(H,29,30,31)/t15-/m1/s1. The fourth-order valence-corrected chi connectivity index (χ4v) is 6.05. The van der Waals surface area contributed by atoms with Gasteiger partial charge in [-0.2, -0.15) is 0 Å². The summed E-state index contributed by atoms with van der Waals surface area (Å²) in [5.74, 6) is 1.12. The van der Waals surface area contributed by atoms with Crippen LogP contribution in [0.2, 0.25) is 0 Å². The SMILES string of the molecule is Cc1nc(N[C@H](C)c2cccc(C(F)F)c2C)c2cn(C34CCN(CC3)CC4)c(=O)c(Br)c2n1. The normalized spacial score (nSPS) is 23.0. The van der Waals surface area contributed by atoms with Crippen LogP contribution in [-0.2, 0) is 5.54 Å². The van der Waals surface area contributed by atoms with Crippen LogP contribution in [0.15, 0.2) is 33.7 Å². The Bertz CT molecular complexity index is 1300. The average Bonchev–Trinajstić information content (AvgIpc) is 2.82. The van der Waals surface area contributed by atoms with Crippen molar-refractivity contribution >= 4 is 32.7 Å². The van der Waals surface area contributed by atoms with Crippen LogP contribution in [0, 0.1) is 13.8 Å². The highest BCUT2D eigenvalue weighted by molar-refractivity contribution is 9.10. The Morgan fingerprint density at radius 1 is 1.09 bits per heavy atom. The number of fused-ring (bicyclic) bond motifs is 4. The third-order valence-electron chi connectivity index (χ3n) is 7.59. The first-order valence-electron chi connectivity index (χ1n) is 11.7. The second-order valence-corrected chi connectivity index (χ2v) is 10.3. The zero-order valence-electron chi connectivity index (χ0n) is 19.5. The van der Waals surface area contributed by atoms with Crippen LogP contribution < -0.4 is 10.9 Å². The molecule has 5 heterocycles. The number of rotatable bonds is 5. The molecular formula is C25H28BrF2N5O. The summed E-state index contributed by atoms with van der Waals surface area (Å²) in [6.07, 6.45) is 2.20. The maximum atomic E-state index is 13.5. The summed E-state index contributed by atoms with van der Waals surface area (Å²) in [4.78, 5) is 25.1. The van der Waals surface area contributed by atoms with Gasteiger partial charge >= 0.3 is 0 Å². The number of anilines is 1. The molecule has 1 atom stereocenters. The van der Waals surface area contributed by atoms with E-state index in [4.69, 9.17) is 0 Å². The Balaban J connectivity index is 1.61. The van der Waals surface area contributed by atoms with Gasteiger partial charge in [-0.1, -0.05) is 18.2 Å². The molecule has 34 heavy (non-hydrogen) atoms. The zero-order chi connectivity index (χ0) is 24.2. The molecule has 0 aliphatic carbocycles. The number of nitrogens with zero attached hydrogens (tertiary/aromatic N) is 4. The second kappa shape index (κ2) is 8.68. The summed E-state index contributed by atoms with van der Waals surface area (Å²) in [5.41, 5.74) is 1.69. The molecule has 6 nitrogen and oxygen atoms in total. The van der Waals surface area contributed by atoms with E-state index >= 15 is 0 Å². The molecule has 6 rings (SSSR count). The number of aromatic nitrogens is 3. The summed E-state index contributed by atoms with van der Waals surface area (Å²) < 4.78 is 29.2. The third kappa shape index (κ3) is 3.82. The largest absolute Gasteiger partial charge is 0.363 e. The van der Waals surface area contributed by atoms with Crippen LogP contribution in [0.5, 0.6) is 0 Å². The fraction of sp³-hybridized carbons (Fsp3) is 0.480. The van der Waals surface area contributed by atoms with Gasteiger partial charge < -0.3 is 14.8 Å². The summed E-state index contributed by atoms with van der Waals surface area (Å²) >= 11 is 3.54. The van der Waals surface area contributed by atoms with Gasteiger partial charge in [-0.25, -0.2) is 18.7 Å². The van der Waals surface area contributed by atoms with E-state index in [0.717, 1.165) is 49.8 Å². The Morgan fingerprint density at radius 3 is 2.38 bits per heavy atom. The summed E-state index contributed by atoms with van der Waals surface area (Å²) in [6, 6.07) is 4.71. The predicted molar refractivity (Wildman–Crippen MR) is 133 cm³/mol. The summed E-state index contributed by atoms with van der Waals surface area (Å²) in [6.45, 7) is 8.42. The minimum atomic E-state index is -2.53. The van der Waals surface area contributed by atoms with E-state index in [9.17, 15) is 13.6 Å². The molecule has 1 aromatic carbocycles. The molecule has 0 amide bonds. The highest BCUT2D eigenvalue weighted by Gasteiger charge is 2.42. The number of alkyl halides is 2. The van der Waals surface area contributed by atoms with Crippen LogP contribution in [0.25, 0.3) is 10.9 Å². The van der Waals surface area contributed by atoms with Crippen LogP contribution >= 0.6 is 15.9 Å². The third-order valence-corrected chi connectivity index (χ3v) is 8.31. The van der Waals surface area contributed by atoms with Crippen molar-refractivity contribution < 1.29 is 8.78 Å². The lowest BCUT2D eigenvalue weighted by molar-refractivity contribution is 0.0327. The number of benzene rings is 1. The zero-order valence-corrected chi connectivity index (χ0v) is 21.1. The first-order chi connectivity index (χ1) is 16.2. The van der Waals surface area contributed by atoms with E-state index in [1.165, 1.54) is 6.07 Å². The van der Waals surface area contributed by atoms with Gasteiger partial charge in [-0.3, -0.25) is 4.79 Å². The maximum Gasteiger partial charge on any atom is 0.267 e. The molecule has 0 radical (unpaired) electrons. The fourth-order valence-electron chi connectivity index (χ4n) is 5.56. The van der Waals surface area contributed by atoms with Gasteiger partial charge in [0.05, 0.1) is 22.5 Å². The number of aryl methyl sites for hydroxylation is 1. The molecule has 3 saturated heterocycles. The van der Waals surface area contributed by atoms with Gasteiger partial charge in [0, 0.05) is 31.4 Å². The number of piperidine rings is 3. The van der Waals surface area contributed by atoms with Gasteiger partial charge in [-0.15, -0.1) is 0 Å². The van der Waals surface area contributed by atoms with Crippen molar-refractivity contribution in [2.24, 2.45) is 0 Å². The first kappa shape index (κ1) is 23.4. The molecular weight excluding hydrogens is 504 g/mol. The van der Waals surface area contributed by atoms with Gasteiger partial charge in [-0.05, 0) is 67.1 Å². The van der Waals surface area contributed by atoms with E-state index in [1.54, 1.807) is 19.9 Å². The van der Waals surface area contributed by atoms with E-state index in [2.05, 4.69) is 36.1 Å². The molecule has 0 spiro atoms. The van der Waals surface area contributed by atoms with Crippen LogP contribution in [-0.4, -0.2) is 39.1 Å². The smallest absolute Gasteiger partial charge is 0.267 e. The summed E-state index contributed by atoms with van der Waals surface area (Å²) in [5, 5.41) is 4.17. The highest BCUT2D eigenvalue weighted by atomic mass is 79.9. The minimum Gasteiger partial charge on any atom is -0.363 e. The van der Waals surface area contributed by atoms with Crippen molar-refractivity contribution in [3.63, 3.8) is 0 Å². The number of hydrogen-bond acceptors (Lipinski definition) is 5. The molecule has 2 bridgehead atoms. The van der Waals surface area contributed by atoms with Crippen molar-refractivity contribution in [3.8, 4) is 0 Å². The van der Waals surface area contributed by atoms with Gasteiger partial charge in [0.1, 0.15) is 16.1 Å². The molecule has 0 saturated carbocycles. The molecule has 1 N–H and O–H groups in total. The number of halogens is 3. The molecule has 3 aliphatic heterocycles. The Morgan fingerprint density at radius 2 is 1.74 bits per heavy atom. The van der Waals surface area contributed by atoms with Crippen molar-refractivity contribution in [1.82, 2.24) is 19.4 Å². The summed E-state index contributed by atoms with van der Waals surface area (Å²) in [7, 11) is 0. The molecule has 3 aromatic rings. The average molecular weight is 532 g/mol. The molecule has 3 fully saturated rings. The van der Waals surface area contributed by atoms with Crippen molar-refractivity contribution in [1.29, 1.82) is 0 Å². The lowest BCUT2D eigenvalue weighted by atomic mass is 9.79. The van der Waals surface area contributed by atoms with Crippen molar-refractivity contribution in [3.05, 3.63) is 61.7 Å². The van der Waals surface area contributed by atoms with Crippen LogP contribution in [0.3, 0.4) is 0 Å². The Hall–Kier alpha value is -2.39. The van der Waals surface area contributed by atoms with Gasteiger partial charge in [0.25, 0.3) is 12.0 Å². The topological polar surface area (TPSA) is 63.1 Å². The lowest BCUT2D eigenvalue weighted by Crippen LogP contribution is -2.56. The van der Waals surface area contributed by atoms with Crippen LogP contribution in [0.4, 0.5) is 14.6 Å². The van der Waals surface area contributed by atoms with E-state index in [-0.39, 0.29) is 22.7 Å². The number of pyridine rings is 1. The molecule has 0 unspecified atom stereocenters. The Kier molecular flexibility index (Phi) is 5.96. The Labute approximate surface area is 205 Å². The van der Waals surface area contributed by atoms with E-state index < -0.39 is 6.43 Å².